The minimum Gasteiger partial charge on any atom is -0.289 e. The quantitative estimate of drug-likeness (QED) is 0.667. The van der Waals surface area contributed by atoms with Gasteiger partial charge in [0.05, 0.1) is 0 Å². The Kier molecular flexibility index (Phi) is 3.99. The summed E-state index contributed by atoms with van der Waals surface area (Å²) in [5.41, 5.74) is 5.12. The van der Waals surface area contributed by atoms with Crippen LogP contribution in [-0.2, 0) is 0 Å². The molecule has 1 saturated carbocycles. The Labute approximate surface area is 134 Å². The summed E-state index contributed by atoms with van der Waals surface area (Å²) < 4.78 is 1.09. The molecule has 0 heterocycles. The lowest BCUT2D eigenvalue weighted by Crippen LogP contribution is -2.14. The topological polar surface area (TPSA) is 17.1 Å². The predicted octanol–water partition coefficient (Wildman–Crippen LogP) is 5.56. The molecule has 0 aromatic heterocycles. The van der Waals surface area contributed by atoms with Crippen molar-refractivity contribution in [1.82, 2.24) is 0 Å². The van der Waals surface area contributed by atoms with Crippen LogP contribution in [0, 0.1) is 13.8 Å². The van der Waals surface area contributed by atoms with Gasteiger partial charge in [-0.3, -0.25) is 4.79 Å². The van der Waals surface area contributed by atoms with Crippen LogP contribution in [0.4, 0.5) is 0 Å². The predicted molar refractivity (Wildman–Crippen MR) is 90.1 cm³/mol. The van der Waals surface area contributed by atoms with Gasteiger partial charge in [0.2, 0.25) is 0 Å². The van der Waals surface area contributed by atoms with E-state index in [2.05, 4.69) is 22.0 Å². The van der Waals surface area contributed by atoms with E-state index in [1.807, 2.05) is 44.2 Å². The zero-order chi connectivity index (χ0) is 15.0. The lowest BCUT2D eigenvalue weighted by atomic mass is 9.77. The van der Waals surface area contributed by atoms with Gasteiger partial charge in [0.1, 0.15) is 0 Å². The van der Waals surface area contributed by atoms with Crippen molar-refractivity contribution >= 4 is 21.7 Å². The highest BCUT2D eigenvalue weighted by Crippen LogP contribution is 2.38. The fourth-order valence-corrected chi connectivity index (χ4v) is 3.24. The molecule has 1 aliphatic rings. The van der Waals surface area contributed by atoms with Crippen molar-refractivity contribution in [2.45, 2.75) is 39.0 Å². The third-order valence-electron chi connectivity index (χ3n) is 4.45. The van der Waals surface area contributed by atoms with Crippen molar-refractivity contribution < 1.29 is 4.79 Å². The molecule has 2 heteroatoms. The number of carbonyl (C=O) groups is 1. The molecule has 0 atom stereocenters. The molecular formula is C19H19BrO. The summed E-state index contributed by atoms with van der Waals surface area (Å²) in [5.74, 6) is 0.721. The Morgan fingerprint density at radius 3 is 2.29 bits per heavy atom. The van der Waals surface area contributed by atoms with Crippen LogP contribution in [0.25, 0.3) is 0 Å². The van der Waals surface area contributed by atoms with Crippen molar-refractivity contribution in [3.63, 3.8) is 0 Å². The second-order valence-electron chi connectivity index (χ2n) is 5.97. The van der Waals surface area contributed by atoms with E-state index < -0.39 is 0 Å². The number of hydrogen-bond donors (Lipinski definition) is 0. The molecule has 108 valence electrons. The fraction of sp³-hybridized carbons (Fsp3) is 0.316. The average molecular weight is 343 g/mol. The molecule has 21 heavy (non-hydrogen) atoms. The number of rotatable bonds is 3. The van der Waals surface area contributed by atoms with Crippen LogP contribution >= 0.6 is 15.9 Å². The van der Waals surface area contributed by atoms with Gasteiger partial charge in [0.15, 0.2) is 5.78 Å². The van der Waals surface area contributed by atoms with Crippen molar-refractivity contribution in [2.24, 2.45) is 0 Å². The van der Waals surface area contributed by atoms with Gasteiger partial charge in [-0.2, -0.15) is 0 Å². The maximum absolute atomic E-state index is 12.9. The Morgan fingerprint density at radius 1 is 1.10 bits per heavy atom. The highest BCUT2D eigenvalue weighted by atomic mass is 79.9. The van der Waals surface area contributed by atoms with Gasteiger partial charge in [-0.15, -0.1) is 0 Å². The first-order valence-corrected chi connectivity index (χ1v) is 8.27. The smallest absolute Gasteiger partial charge is 0.193 e. The van der Waals surface area contributed by atoms with E-state index in [1.54, 1.807) is 0 Å². The van der Waals surface area contributed by atoms with Gasteiger partial charge in [-0.1, -0.05) is 46.6 Å². The molecule has 0 N–H and O–H groups in total. The van der Waals surface area contributed by atoms with E-state index in [1.165, 1.54) is 24.8 Å². The van der Waals surface area contributed by atoms with E-state index >= 15 is 0 Å². The van der Waals surface area contributed by atoms with E-state index in [0.717, 1.165) is 26.7 Å². The Bertz CT molecular complexity index is 675. The summed E-state index contributed by atoms with van der Waals surface area (Å²) in [6.07, 6.45) is 3.70. The van der Waals surface area contributed by atoms with E-state index in [4.69, 9.17) is 0 Å². The second-order valence-corrected chi connectivity index (χ2v) is 6.76. The third kappa shape index (κ3) is 2.69. The highest BCUT2D eigenvalue weighted by molar-refractivity contribution is 9.10. The van der Waals surface area contributed by atoms with Crippen LogP contribution in [0.3, 0.4) is 0 Å². The number of ketones is 1. The SMILES string of the molecule is Cc1cc(C(=O)c2ccccc2C2CCC2)cc(C)c1Br. The summed E-state index contributed by atoms with van der Waals surface area (Å²) in [6.45, 7) is 4.07. The number of hydrogen-bond acceptors (Lipinski definition) is 1. The average Bonchev–Trinajstić information content (AvgIpc) is 2.42. The highest BCUT2D eigenvalue weighted by Gasteiger charge is 2.24. The Hall–Kier alpha value is -1.41. The molecule has 1 nitrogen and oxygen atoms in total. The van der Waals surface area contributed by atoms with Crippen LogP contribution in [0.15, 0.2) is 40.9 Å². The van der Waals surface area contributed by atoms with Gasteiger partial charge < -0.3 is 0 Å². The van der Waals surface area contributed by atoms with Crippen LogP contribution in [0.5, 0.6) is 0 Å². The first-order chi connectivity index (χ1) is 10.1. The first kappa shape index (κ1) is 14.5. The molecule has 2 aromatic carbocycles. The molecule has 0 aliphatic heterocycles. The number of aryl methyl sites for hydroxylation is 2. The molecule has 0 amide bonds. The van der Waals surface area contributed by atoms with Crippen molar-refractivity contribution in [3.8, 4) is 0 Å². The van der Waals surface area contributed by atoms with Crippen LogP contribution in [-0.4, -0.2) is 5.78 Å². The molecule has 3 rings (SSSR count). The fourth-order valence-electron chi connectivity index (χ4n) is 3.01. The van der Waals surface area contributed by atoms with Crippen molar-refractivity contribution in [1.29, 1.82) is 0 Å². The largest absolute Gasteiger partial charge is 0.289 e. The molecule has 0 unspecified atom stereocenters. The number of carbonyl (C=O) groups excluding carboxylic acids is 1. The zero-order valence-electron chi connectivity index (χ0n) is 12.4. The van der Waals surface area contributed by atoms with Gasteiger partial charge in [0.25, 0.3) is 0 Å². The zero-order valence-corrected chi connectivity index (χ0v) is 14.0. The second kappa shape index (κ2) is 5.76. The minimum absolute atomic E-state index is 0.149. The third-order valence-corrected chi connectivity index (χ3v) is 5.70. The standard InChI is InChI=1S/C19H19BrO/c1-12-10-15(11-13(2)18(12)20)19(21)17-9-4-3-8-16(17)14-6-5-7-14/h3-4,8-11,14H,5-7H2,1-2H3. The van der Waals surface area contributed by atoms with Crippen molar-refractivity contribution in [2.75, 3.05) is 0 Å². The minimum atomic E-state index is 0.149. The van der Waals surface area contributed by atoms with E-state index in [9.17, 15) is 4.79 Å². The van der Waals surface area contributed by atoms with Gasteiger partial charge >= 0.3 is 0 Å². The maximum Gasteiger partial charge on any atom is 0.193 e. The Balaban J connectivity index is 2.03. The summed E-state index contributed by atoms with van der Waals surface area (Å²) >= 11 is 3.57. The summed E-state index contributed by atoms with van der Waals surface area (Å²) in [4.78, 5) is 12.9. The Morgan fingerprint density at radius 2 is 1.71 bits per heavy atom. The summed E-state index contributed by atoms with van der Waals surface area (Å²) in [5, 5.41) is 0. The van der Waals surface area contributed by atoms with Crippen molar-refractivity contribution in [3.05, 3.63) is 68.7 Å². The van der Waals surface area contributed by atoms with Gasteiger partial charge in [-0.05, 0) is 61.4 Å². The molecule has 1 aliphatic carbocycles. The molecule has 0 radical (unpaired) electrons. The van der Waals surface area contributed by atoms with E-state index in [-0.39, 0.29) is 5.78 Å². The molecule has 1 fully saturated rings. The van der Waals surface area contributed by atoms with Crippen LogP contribution < -0.4 is 0 Å². The maximum atomic E-state index is 12.9. The molecular weight excluding hydrogens is 324 g/mol. The normalized spacial score (nSPS) is 14.8. The van der Waals surface area contributed by atoms with Gasteiger partial charge in [0, 0.05) is 15.6 Å². The van der Waals surface area contributed by atoms with Crippen LogP contribution in [0.2, 0.25) is 0 Å². The molecule has 2 aromatic rings. The van der Waals surface area contributed by atoms with Gasteiger partial charge in [-0.25, -0.2) is 0 Å². The molecule has 0 bridgehead atoms. The molecule has 0 spiro atoms. The molecule has 0 saturated heterocycles. The van der Waals surface area contributed by atoms with Crippen LogP contribution in [0.1, 0.15) is 57.8 Å². The summed E-state index contributed by atoms with van der Waals surface area (Å²) in [7, 11) is 0. The van der Waals surface area contributed by atoms with E-state index in [0.29, 0.717) is 5.92 Å². The lowest BCUT2D eigenvalue weighted by molar-refractivity contribution is 0.103. The number of benzene rings is 2. The first-order valence-electron chi connectivity index (χ1n) is 7.48. The number of halogens is 1. The lowest BCUT2D eigenvalue weighted by Gasteiger charge is -2.27. The monoisotopic (exact) mass is 342 g/mol. The summed E-state index contributed by atoms with van der Waals surface area (Å²) in [6, 6.07) is 12.1.